The van der Waals surface area contributed by atoms with Gasteiger partial charge in [-0.05, 0) is 30.5 Å². The Bertz CT molecular complexity index is 796. The van der Waals surface area contributed by atoms with Gasteiger partial charge < -0.3 is 52.1 Å². The molecule has 48 heavy (non-hydrogen) atoms. The Balaban J connectivity index is 1.70. The van der Waals surface area contributed by atoms with Crippen LogP contribution >= 0.6 is 0 Å². The Hall–Kier alpha value is -1.87. The summed E-state index contributed by atoms with van der Waals surface area (Å²) < 4.78 is 59.7. The van der Waals surface area contributed by atoms with E-state index in [0.29, 0.717) is 126 Å². The van der Waals surface area contributed by atoms with Crippen LogP contribution in [0.2, 0.25) is 0 Å². The summed E-state index contributed by atoms with van der Waals surface area (Å²) in [6.45, 7) is 13.3. The van der Waals surface area contributed by atoms with Crippen molar-refractivity contribution in [2.75, 3.05) is 132 Å². The summed E-state index contributed by atoms with van der Waals surface area (Å²) in [6, 6.07) is 8.42. The molecule has 0 saturated carbocycles. The second-order valence-electron chi connectivity index (χ2n) is 10.9. The highest BCUT2D eigenvalue weighted by Gasteiger charge is 1.99. The molecule has 0 aliphatic heterocycles. The highest BCUT2D eigenvalue weighted by molar-refractivity contribution is 5.65. The summed E-state index contributed by atoms with van der Waals surface area (Å²) in [4.78, 5) is 10.6. The van der Waals surface area contributed by atoms with Gasteiger partial charge in [-0.2, -0.15) is 0 Å². The molecule has 0 spiro atoms. The summed E-state index contributed by atoms with van der Waals surface area (Å²) in [6.07, 6.45) is 9.08. The number of hydrogen-bond donors (Lipinski definition) is 0. The van der Waals surface area contributed by atoms with E-state index < -0.39 is 0 Å². The van der Waals surface area contributed by atoms with Gasteiger partial charge >= 0.3 is 5.97 Å². The molecule has 0 bridgehead atoms. The van der Waals surface area contributed by atoms with Crippen LogP contribution in [-0.4, -0.2) is 138 Å². The number of aryl methyl sites for hydroxylation is 1. The van der Waals surface area contributed by atoms with E-state index in [9.17, 15) is 4.79 Å². The Morgan fingerprint density at radius 3 is 1.15 bits per heavy atom. The van der Waals surface area contributed by atoms with Crippen molar-refractivity contribution in [3.63, 3.8) is 0 Å². The highest BCUT2D eigenvalue weighted by Crippen LogP contribution is 2.15. The molecule has 0 fully saturated rings. The lowest BCUT2D eigenvalue weighted by Crippen LogP contribution is -2.15. The zero-order chi connectivity index (χ0) is 34.4. The van der Waals surface area contributed by atoms with Gasteiger partial charge in [0.2, 0.25) is 0 Å². The van der Waals surface area contributed by atoms with E-state index in [0.717, 1.165) is 12.2 Å². The Morgan fingerprint density at radius 1 is 0.438 bits per heavy atom. The van der Waals surface area contributed by atoms with Crippen molar-refractivity contribution in [3.05, 3.63) is 29.8 Å². The predicted molar refractivity (Wildman–Crippen MR) is 183 cm³/mol. The molecule has 0 aliphatic carbocycles. The van der Waals surface area contributed by atoms with Gasteiger partial charge in [-0.15, -0.1) is 0 Å². The minimum atomic E-state index is -0.309. The summed E-state index contributed by atoms with van der Waals surface area (Å²) in [5.41, 5.74) is 1.38. The van der Waals surface area contributed by atoms with Crippen molar-refractivity contribution < 1.29 is 56.9 Å². The van der Waals surface area contributed by atoms with Crippen molar-refractivity contribution in [2.24, 2.45) is 0 Å². The third-order valence-electron chi connectivity index (χ3n) is 6.75. The molecule has 0 aliphatic rings. The van der Waals surface area contributed by atoms with E-state index >= 15 is 0 Å². The number of benzene rings is 1. The van der Waals surface area contributed by atoms with Crippen molar-refractivity contribution in [3.8, 4) is 5.75 Å². The average Bonchev–Trinajstić information content (AvgIpc) is 3.09. The van der Waals surface area contributed by atoms with E-state index in [2.05, 4.69) is 19.1 Å². The maximum absolute atomic E-state index is 10.6. The van der Waals surface area contributed by atoms with Crippen LogP contribution in [0, 0.1) is 0 Å². The van der Waals surface area contributed by atoms with Crippen LogP contribution in [0.15, 0.2) is 24.3 Å². The van der Waals surface area contributed by atoms with Gasteiger partial charge in [0.05, 0.1) is 119 Å². The van der Waals surface area contributed by atoms with Gasteiger partial charge in [0, 0.05) is 6.92 Å². The molecule has 0 aromatic heterocycles. The monoisotopic (exact) mass is 688 g/mol. The molecule has 12 nitrogen and oxygen atoms in total. The van der Waals surface area contributed by atoms with Crippen molar-refractivity contribution >= 4 is 5.97 Å². The van der Waals surface area contributed by atoms with Crippen LogP contribution in [-0.2, 0) is 58.6 Å². The number of rotatable bonds is 38. The van der Waals surface area contributed by atoms with Gasteiger partial charge in [-0.25, -0.2) is 0 Å². The number of ether oxygens (including phenoxy) is 11. The normalized spacial score (nSPS) is 11.3. The third kappa shape index (κ3) is 32.7. The van der Waals surface area contributed by atoms with E-state index in [-0.39, 0.29) is 12.6 Å². The first-order valence-corrected chi connectivity index (χ1v) is 17.8. The molecular weight excluding hydrogens is 624 g/mol. The van der Waals surface area contributed by atoms with Crippen LogP contribution in [0.3, 0.4) is 0 Å². The molecule has 12 heteroatoms. The number of esters is 1. The fourth-order valence-electron chi connectivity index (χ4n) is 4.19. The van der Waals surface area contributed by atoms with Gasteiger partial charge in [-0.3, -0.25) is 4.79 Å². The van der Waals surface area contributed by atoms with Crippen molar-refractivity contribution in [1.82, 2.24) is 0 Å². The van der Waals surface area contributed by atoms with Gasteiger partial charge in [-0.1, -0.05) is 51.2 Å². The molecule has 0 atom stereocenters. The lowest BCUT2D eigenvalue weighted by molar-refractivity contribution is -0.142. The van der Waals surface area contributed by atoms with Crippen LogP contribution in [0.4, 0.5) is 0 Å². The van der Waals surface area contributed by atoms with E-state index in [1.165, 1.54) is 51.0 Å². The minimum Gasteiger partial charge on any atom is -0.491 e. The van der Waals surface area contributed by atoms with Crippen LogP contribution in [0.5, 0.6) is 5.75 Å². The summed E-state index contributed by atoms with van der Waals surface area (Å²) in [5, 5.41) is 0. The molecule has 0 N–H and O–H groups in total. The molecule has 0 radical (unpaired) electrons. The molecule has 280 valence electrons. The summed E-state index contributed by atoms with van der Waals surface area (Å²) in [7, 11) is 0. The lowest BCUT2D eigenvalue weighted by atomic mass is 10.0. The lowest BCUT2D eigenvalue weighted by Gasteiger charge is -2.09. The first-order valence-electron chi connectivity index (χ1n) is 17.8. The molecule has 0 heterocycles. The number of carbonyl (C=O) groups is 1. The van der Waals surface area contributed by atoms with E-state index in [1.54, 1.807) is 0 Å². The molecule has 1 aromatic carbocycles. The molecule has 0 unspecified atom stereocenters. The van der Waals surface area contributed by atoms with Crippen LogP contribution in [0.1, 0.15) is 57.9 Å². The Labute approximate surface area is 289 Å². The maximum Gasteiger partial charge on any atom is 0.302 e. The van der Waals surface area contributed by atoms with Gasteiger partial charge in [0.25, 0.3) is 0 Å². The van der Waals surface area contributed by atoms with E-state index in [4.69, 9.17) is 52.1 Å². The second-order valence-corrected chi connectivity index (χ2v) is 10.9. The zero-order valence-electron chi connectivity index (χ0n) is 29.8. The smallest absolute Gasteiger partial charge is 0.302 e. The SMILES string of the molecule is CCCCCCCCc1ccc(OCCOCCOCCOCCOCCOCCOCCOCCOCCOCCOC(C)=O)cc1. The standard InChI is InChI=1S/C36H64O12/c1-3-4-5-6-7-8-9-35-10-12-36(13-11-35)48-33-31-46-29-27-44-25-23-42-21-19-40-17-15-38-14-16-39-18-20-41-22-24-43-26-28-45-30-32-47-34(2)37/h10-13H,3-9,14-33H2,1-2H3. The summed E-state index contributed by atoms with van der Waals surface area (Å²) >= 11 is 0. The quantitative estimate of drug-likeness (QED) is 0.0709. The predicted octanol–water partition coefficient (Wildman–Crippen LogP) is 4.68. The first kappa shape index (κ1) is 44.2. The van der Waals surface area contributed by atoms with Crippen molar-refractivity contribution in [1.29, 1.82) is 0 Å². The Morgan fingerprint density at radius 2 is 0.771 bits per heavy atom. The van der Waals surface area contributed by atoms with Gasteiger partial charge in [0.15, 0.2) is 0 Å². The number of hydrogen-bond acceptors (Lipinski definition) is 12. The summed E-state index contributed by atoms with van der Waals surface area (Å²) in [5.74, 6) is 0.573. The molecule has 0 saturated heterocycles. The highest BCUT2D eigenvalue weighted by atomic mass is 16.6. The zero-order valence-corrected chi connectivity index (χ0v) is 29.8. The van der Waals surface area contributed by atoms with Crippen LogP contribution in [0.25, 0.3) is 0 Å². The number of carbonyl (C=O) groups excluding carboxylic acids is 1. The fraction of sp³-hybridized carbons (Fsp3) is 0.806. The molecular formula is C36H64O12. The Kier molecular flexibility index (Phi) is 33.5. The van der Waals surface area contributed by atoms with Crippen LogP contribution < -0.4 is 4.74 Å². The van der Waals surface area contributed by atoms with E-state index in [1.807, 2.05) is 12.1 Å². The first-order chi connectivity index (χ1) is 23.7. The van der Waals surface area contributed by atoms with Gasteiger partial charge in [0.1, 0.15) is 19.0 Å². The number of unbranched alkanes of at least 4 members (excludes halogenated alkanes) is 5. The maximum atomic E-state index is 10.6. The largest absolute Gasteiger partial charge is 0.491 e. The molecule has 1 rings (SSSR count). The minimum absolute atomic E-state index is 0.260. The second kappa shape index (κ2) is 36.4. The average molecular weight is 689 g/mol. The topological polar surface area (TPSA) is 119 Å². The third-order valence-corrected chi connectivity index (χ3v) is 6.75. The molecule has 0 amide bonds. The van der Waals surface area contributed by atoms with Crippen molar-refractivity contribution in [2.45, 2.75) is 58.8 Å². The molecule has 1 aromatic rings. The fourth-order valence-corrected chi connectivity index (χ4v) is 4.19.